The van der Waals surface area contributed by atoms with Gasteiger partial charge in [-0.25, -0.2) is 4.68 Å². The highest BCUT2D eigenvalue weighted by atomic mass is 15.3. The Balaban J connectivity index is 2.48. The standard InChI is InChI=1S/C12H15N3/c1-3-11-8-9(2)14-15(11)12-6-4-10(13)5-7-12/h4-8H,3,13H2,1-2H3. The third kappa shape index (κ3) is 1.86. The maximum absolute atomic E-state index is 5.65. The van der Waals surface area contributed by atoms with Crippen LogP contribution in [0.4, 0.5) is 5.69 Å². The molecular formula is C12H15N3. The van der Waals surface area contributed by atoms with E-state index < -0.39 is 0 Å². The molecule has 0 bridgehead atoms. The molecule has 0 aliphatic heterocycles. The third-order valence-electron chi connectivity index (χ3n) is 2.41. The van der Waals surface area contributed by atoms with Crippen LogP contribution in [0.25, 0.3) is 5.69 Å². The highest BCUT2D eigenvalue weighted by molar-refractivity contribution is 5.45. The zero-order valence-corrected chi connectivity index (χ0v) is 9.07. The summed E-state index contributed by atoms with van der Waals surface area (Å²) < 4.78 is 1.97. The molecule has 0 saturated heterocycles. The summed E-state index contributed by atoms with van der Waals surface area (Å²) in [6, 6.07) is 9.87. The van der Waals surface area contributed by atoms with E-state index in [0.29, 0.717) is 0 Å². The van der Waals surface area contributed by atoms with Gasteiger partial charge in [0.2, 0.25) is 0 Å². The number of benzene rings is 1. The predicted octanol–water partition coefficient (Wildman–Crippen LogP) is 2.33. The van der Waals surface area contributed by atoms with Crippen molar-refractivity contribution in [2.24, 2.45) is 0 Å². The lowest BCUT2D eigenvalue weighted by Crippen LogP contribution is -2.01. The van der Waals surface area contributed by atoms with Gasteiger partial charge in [-0.05, 0) is 43.7 Å². The van der Waals surface area contributed by atoms with E-state index in [1.807, 2.05) is 35.9 Å². The second kappa shape index (κ2) is 3.77. The topological polar surface area (TPSA) is 43.8 Å². The molecule has 2 aromatic rings. The minimum absolute atomic E-state index is 0.778. The molecule has 1 aromatic heterocycles. The first-order valence-electron chi connectivity index (χ1n) is 5.12. The van der Waals surface area contributed by atoms with Crippen LogP contribution in [-0.4, -0.2) is 9.78 Å². The fourth-order valence-electron chi connectivity index (χ4n) is 1.64. The van der Waals surface area contributed by atoms with E-state index in [1.165, 1.54) is 5.69 Å². The first-order valence-corrected chi connectivity index (χ1v) is 5.12. The molecule has 2 rings (SSSR count). The monoisotopic (exact) mass is 201 g/mol. The fourth-order valence-corrected chi connectivity index (χ4v) is 1.64. The number of rotatable bonds is 2. The van der Waals surface area contributed by atoms with E-state index in [-0.39, 0.29) is 0 Å². The van der Waals surface area contributed by atoms with Crippen LogP contribution in [0, 0.1) is 6.92 Å². The van der Waals surface area contributed by atoms with Crippen molar-refractivity contribution in [2.45, 2.75) is 20.3 Å². The average molecular weight is 201 g/mol. The Morgan fingerprint density at radius 2 is 1.93 bits per heavy atom. The molecular weight excluding hydrogens is 186 g/mol. The van der Waals surface area contributed by atoms with E-state index in [0.717, 1.165) is 23.5 Å². The van der Waals surface area contributed by atoms with E-state index >= 15 is 0 Å². The Morgan fingerprint density at radius 3 is 2.53 bits per heavy atom. The SMILES string of the molecule is CCc1cc(C)nn1-c1ccc(N)cc1. The van der Waals surface area contributed by atoms with Crippen molar-refractivity contribution >= 4 is 5.69 Å². The summed E-state index contributed by atoms with van der Waals surface area (Å²) in [6.45, 7) is 4.14. The number of aryl methyl sites for hydroxylation is 2. The van der Waals surface area contributed by atoms with Gasteiger partial charge in [0, 0.05) is 11.4 Å². The molecule has 0 unspecified atom stereocenters. The van der Waals surface area contributed by atoms with Gasteiger partial charge in [0.25, 0.3) is 0 Å². The van der Waals surface area contributed by atoms with Crippen LogP contribution in [0.15, 0.2) is 30.3 Å². The number of aromatic nitrogens is 2. The van der Waals surface area contributed by atoms with Crippen LogP contribution in [0.3, 0.4) is 0 Å². The Kier molecular flexibility index (Phi) is 2.46. The van der Waals surface area contributed by atoms with Crippen molar-refractivity contribution in [1.82, 2.24) is 9.78 Å². The van der Waals surface area contributed by atoms with Crippen molar-refractivity contribution in [3.8, 4) is 5.69 Å². The molecule has 15 heavy (non-hydrogen) atoms. The number of hydrogen-bond acceptors (Lipinski definition) is 2. The molecule has 0 atom stereocenters. The normalized spacial score (nSPS) is 10.5. The van der Waals surface area contributed by atoms with E-state index in [1.54, 1.807) is 0 Å². The summed E-state index contributed by atoms with van der Waals surface area (Å²) in [5.74, 6) is 0. The molecule has 0 amide bonds. The van der Waals surface area contributed by atoms with Gasteiger partial charge in [-0.2, -0.15) is 5.10 Å². The van der Waals surface area contributed by atoms with Gasteiger partial charge in [-0.15, -0.1) is 0 Å². The summed E-state index contributed by atoms with van der Waals surface area (Å²) in [5.41, 5.74) is 9.76. The maximum Gasteiger partial charge on any atom is 0.0650 e. The van der Waals surface area contributed by atoms with Crippen LogP contribution in [0.5, 0.6) is 0 Å². The van der Waals surface area contributed by atoms with E-state index in [2.05, 4.69) is 18.1 Å². The highest BCUT2D eigenvalue weighted by Gasteiger charge is 2.04. The lowest BCUT2D eigenvalue weighted by molar-refractivity contribution is 0.805. The number of anilines is 1. The Hall–Kier alpha value is -1.77. The zero-order chi connectivity index (χ0) is 10.8. The number of nitrogens with two attached hydrogens (primary N) is 1. The maximum atomic E-state index is 5.65. The summed E-state index contributed by atoms with van der Waals surface area (Å²) in [4.78, 5) is 0. The number of nitrogen functional groups attached to an aromatic ring is 1. The lowest BCUT2D eigenvalue weighted by atomic mass is 10.2. The van der Waals surface area contributed by atoms with Gasteiger partial charge < -0.3 is 5.73 Å². The summed E-state index contributed by atoms with van der Waals surface area (Å²) >= 11 is 0. The van der Waals surface area contributed by atoms with Crippen LogP contribution >= 0.6 is 0 Å². The predicted molar refractivity (Wildman–Crippen MR) is 62.1 cm³/mol. The zero-order valence-electron chi connectivity index (χ0n) is 9.07. The third-order valence-corrected chi connectivity index (χ3v) is 2.41. The molecule has 0 spiro atoms. The van der Waals surface area contributed by atoms with Gasteiger partial charge in [-0.3, -0.25) is 0 Å². The van der Waals surface area contributed by atoms with Crippen LogP contribution in [0.2, 0.25) is 0 Å². The number of nitrogens with zero attached hydrogens (tertiary/aromatic N) is 2. The summed E-state index contributed by atoms with van der Waals surface area (Å²) in [6.07, 6.45) is 0.977. The average Bonchev–Trinajstić information content (AvgIpc) is 2.61. The highest BCUT2D eigenvalue weighted by Crippen LogP contribution is 2.14. The minimum Gasteiger partial charge on any atom is -0.399 e. The molecule has 1 heterocycles. The van der Waals surface area contributed by atoms with Crippen molar-refractivity contribution in [3.63, 3.8) is 0 Å². The molecule has 0 fully saturated rings. The lowest BCUT2D eigenvalue weighted by Gasteiger charge is -2.05. The number of hydrogen-bond donors (Lipinski definition) is 1. The Morgan fingerprint density at radius 1 is 1.27 bits per heavy atom. The molecule has 78 valence electrons. The first kappa shape index (κ1) is 9.77. The summed E-state index contributed by atoms with van der Waals surface area (Å²) in [5, 5.41) is 4.46. The van der Waals surface area contributed by atoms with Gasteiger partial charge in [0.15, 0.2) is 0 Å². The molecule has 0 aliphatic rings. The smallest absolute Gasteiger partial charge is 0.0650 e. The van der Waals surface area contributed by atoms with Crippen LogP contribution in [0.1, 0.15) is 18.3 Å². The second-order valence-electron chi connectivity index (χ2n) is 3.63. The molecule has 0 aliphatic carbocycles. The van der Waals surface area contributed by atoms with Crippen molar-refractivity contribution in [1.29, 1.82) is 0 Å². The minimum atomic E-state index is 0.778. The van der Waals surface area contributed by atoms with E-state index in [4.69, 9.17) is 5.73 Å². The molecule has 0 saturated carbocycles. The van der Waals surface area contributed by atoms with Crippen LogP contribution < -0.4 is 5.73 Å². The molecule has 3 heteroatoms. The van der Waals surface area contributed by atoms with Crippen LogP contribution in [-0.2, 0) is 6.42 Å². The van der Waals surface area contributed by atoms with E-state index in [9.17, 15) is 0 Å². The molecule has 0 radical (unpaired) electrons. The molecule has 2 N–H and O–H groups in total. The fraction of sp³-hybridized carbons (Fsp3) is 0.250. The van der Waals surface area contributed by atoms with Gasteiger partial charge in [0.1, 0.15) is 0 Å². The van der Waals surface area contributed by atoms with Crippen molar-refractivity contribution < 1.29 is 0 Å². The molecule has 3 nitrogen and oxygen atoms in total. The Labute approximate surface area is 89.5 Å². The van der Waals surface area contributed by atoms with Crippen molar-refractivity contribution in [2.75, 3.05) is 5.73 Å². The molecule has 1 aromatic carbocycles. The quantitative estimate of drug-likeness (QED) is 0.758. The van der Waals surface area contributed by atoms with Gasteiger partial charge in [0.05, 0.1) is 11.4 Å². The Bertz CT molecular complexity index is 454. The van der Waals surface area contributed by atoms with Crippen molar-refractivity contribution in [3.05, 3.63) is 41.7 Å². The second-order valence-corrected chi connectivity index (χ2v) is 3.63. The largest absolute Gasteiger partial charge is 0.399 e. The summed E-state index contributed by atoms with van der Waals surface area (Å²) in [7, 11) is 0. The first-order chi connectivity index (χ1) is 7.20. The van der Waals surface area contributed by atoms with Gasteiger partial charge in [-0.1, -0.05) is 6.92 Å². The van der Waals surface area contributed by atoms with Gasteiger partial charge >= 0.3 is 0 Å².